The Morgan fingerprint density at radius 1 is 1.13 bits per heavy atom. The first-order chi connectivity index (χ1) is 15.0. The number of benzene rings is 1. The Bertz CT molecular complexity index is 1140. The summed E-state index contributed by atoms with van der Waals surface area (Å²) in [6.07, 6.45) is 8.35. The van der Waals surface area contributed by atoms with Crippen molar-refractivity contribution in [1.82, 2.24) is 9.88 Å². The Labute approximate surface area is 182 Å². The Balaban J connectivity index is 1.59. The standard InChI is InChI=1S/C25H29N3O3/c1-17-9-7-8-12-19(17)28-23(29)21-15-22-20(13-14-31-22)27(21)16-25(28,2)24(30)26-18-10-5-3-4-6-11-18/h7-9,12-15,18H,3-6,10-11,16H2,1-2H3,(H,26,30)/t25-/m1/s1. The molecule has 2 amide bonds. The number of rotatable bonds is 3. The highest BCUT2D eigenvalue weighted by Gasteiger charge is 2.49. The largest absolute Gasteiger partial charge is 0.463 e. The molecule has 6 nitrogen and oxygen atoms in total. The van der Waals surface area contributed by atoms with Crippen molar-refractivity contribution >= 4 is 28.6 Å². The molecule has 0 spiro atoms. The molecule has 3 heterocycles. The molecule has 1 aromatic carbocycles. The number of para-hydroxylation sites is 1. The van der Waals surface area contributed by atoms with Crippen LogP contribution in [0, 0.1) is 6.92 Å². The van der Waals surface area contributed by atoms with Crippen LogP contribution in [0.5, 0.6) is 0 Å². The van der Waals surface area contributed by atoms with Crippen molar-refractivity contribution in [2.24, 2.45) is 0 Å². The topological polar surface area (TPSA) is 67.5 Å². The maximum atomic E-state index is 13.8. The number of carbonyl (C=O) groups excluding carboxylic acids is 2. The van der Waals surface area contributed by atoms with E-state index >= 15 is 0 Å². The summed E-state index contributed by atoms with van der Waals surface area (Å²) in [4.78, 5) is 29.3. The van der Waals surface area contributed by atoms with Crippen LogP contribution < -0.4 is 10.2 Å². The van der Waals surface area contributed by atoms with Crippen molar-refractivity contribution in [2.75, 3.05) is 4.90 Å². The van der Waals surface area contributed by atoms with Crippen LogP contribution >= 0.6 is 0 Å². The molecule has 1 N–H and O–H groups in total. The van der Waals surface area contributed by atoms with Crippen molar-refractivity contribution < 1.29 is 14.0 Å². The van der Waals surface area contributed by atoms with Gasteiger partial charge < -0.3 is 14.3 Å². The lowest BCUT2D eigenvalue weighted by molar-refractivity contribution is -0.127. The Morgan fingerprint density at radius 2 is 1.87 bits per heavy atom. The fourth-order valence-electron chi connectivity index (χ4n) is 5.17. The minimum atomic E-state index is -1.05. The first-order valence-electron chi connectivity index (χ1n) is 11.3. The van der Waals surface area contributed by atoms with Crippen LogP contribution in [0.15, 0.2) is 47.1 Å². The van der Waals surface area contributed by atoms with Crippen LogP contribution in [0.2, 0.25) is 0 Å². The van der Waals surface area contributed by atoms with Gasteiger partial charge in [-0.15, -0.1) is 0 Å². The van der Waals surface area contributed by atoms with Crippen LogP contribution in [0.1, 0.15) is 61.5 Å². The molecule has 31 heavy (non-hydrogen) atoms. The minimum Gasteiger partial charge on any atom is -0.463 e. The number of hydrogen-bond acceptors (Lipinski definition) is 3. The van der Waals surface area contributed by atoms with Crippen molar-refractivity contribution in [3.63, 3.8) is 0 Å². The highest BCUT2D eigenvalue weighted by atomic mass is 16.3. The highest BCUT2D eigenvalue weighted by molar-refractivity contribution is 6.14. The summed E-state index contributed by atoms with van der Waals surface area (Å²) in [7, 11) is 0. The predicted molar refractivity (Wildman–Crippen MR) is 120 cm³/mol. The van der Waals surface area contributed by atoms with Crippen molar-refractivity contribution in [1.29, 1.82) is 0 Å². The SMILES string of the molecule is Cc1ccccc1N1C(=O)c2cc3occc3n2C[C@]1(C)C(=O)NC1CCCCCC1. The third-order valence-corrected chi connectivity index (χ3v) is 6.94. The van der Waals surface area contributed by atoms with E-state index in [0.717, 1.165) is 42.5 Å². The van der Waals surface area contributed by atoms with E-state index < -0.39 is 5.54 Å². The quantitative estimate of drug-likeness (QED) is 0.620. The van der Waals surface area contributed by atoms with Crippen molar-refractivity contribution in [3.8, 4) is 0 Å². The number of nitrogens with one attached hydrogen (secondary N) is 1. The molecule has 3 aromatic rings. The zero-order chi connectivity index (χ0) is 21.6. The maximum absolute atomic E-state index is 13.8. The van der Waals surface area contributed by atoms with E-state index in [1.165, 1.54) is 12.8 Å². The molecular formula is C25H29N3O3. The van der Waals surface area contributed by atoms with E-state index in [-0.39, 0.29) is 17.9 Å². The molecule has 2 aromatic heterocycles. The molecule has 2 aliphatic rings. The lowest BCUT2D eigenvalue weighted by Crippen LogP contribution is -2.65. The summed E-state index contributed by atoms with van der Waals surface area (Å²) in [5.41, 5.74) is 2.76. The number of aromatic nitrogens is 1. The third-order valence-electron chi connectivity index (χ3n) is 6.94. The molecule has 1 atom stereocenters. The van der Waals surface area contributed by atoms with Crippen LogP contribution in [-0.4, -0.2) is 28.0 Å². The molecule has 6 heteroatoms. The van der Waals surface area contributed by atoms with Crippen LogP contribution in [0.4, 0.5) is 5.69 Å². The minimum absolute atomic E-state index is 0.0907. The predicted octanol–water partition coefficient (Wildman–Crippen LogP) is 4.80. The van der Waals surface area contributed by atoms with Gasteiger partial charge >= 0.3 is 0 Å². The summed E-state index contributed by atoms with van der Waals surface area (Å²) < 4.78 is 7.49. The second-order valence-corrected chi connectivity index (χ2v) is 9.15. The van der Waals surface area contributed by atoms with Gasteiger partial charge in [-0.25, -0.2) is 0 Å². The van der Waals surface area contributed by atoms with E-state index in [0.29, 0.717) is 17.8 Å². The van der Waals surface area contributed by atoms with Gasteiger partial charge in [0.15, 0.2) is 5.58 Å². The monoisotopic (exact) mass is 419 g/mol. The smallest absolute Gasteiger partial charge is 0.276 e. The number of fused-ring (bicyclic) bond motifs is 3. The lowest BCUT2D eigenvalue weighted by Gasteiger charge is -2.45. The third kappa shape index (κ3) is 3.25. The van der Waals surface area contributed by atoms with Gasteiger partial charge in [-0.3, -0.25) is 14.5 Å². The van der Waals surface area contributed by atoms with Crippen LogP contribution in [-0.2, 0) is 11.3 Å². The first-order valence-corrected chi connectivity index (χ1v) is 11.3. The summed E-state index contributed by atoms with van der Waals surface area (Å²) in [5, 5.41) is 3.30. The summed E-state index contributed by atoms with van der Waals surface area (Å²) in [6, 6.07) is 11.6. The number of nitrogens with zero attached hydrogens (tertiary/aromatic N) is 2. The van der Waals surface area contributed by atoms with Crippen molar-refractivity contribution in [2.45, 2.75) is 70.5 Å². The van der Waals surface area contributed by atoms with Gasteiger partial charge in [-0.2, -0.15) is 0 Å². The number of anilines is 1. The fourth-order valence-corrected chi connectivity index (χ4v) is 5.17. The Hall–Kier alpha value is -3.02. The summed E-state index contributed by atoms with van der Waals surface area (Å²) in [5.74, 6) is -0.266. The average molecular weight is 420 g/mol. The van der Waals surface area contributed by atoms with E-state index in [2.05, 4.69) is 5.32 Å². The highest BCUT2D eigenvalue weighted by Crippen LogP contribution is 2.37. The van der Waals surface area contributed by atoms with Crippen molar-refractivity contribution in [3.05, 3.63) is 53.9 Å². The molecule has 1 fully saturated rings. The van der Waals surface area contributed by atoms with Gasteiger partial charge in [0.25, 0.3) is 5.91 Å². The molecule has 0 radical (unpaired) electrons. The molecular weight excluding hydrogens is 390 g/mol. The van der Waals surface area contributed by atoms with Gasteiger partial charge in [-0.05, 0) is 38.3 Å². The molecule has 0 unspecified atom stereocenters. The number of hydrogen-bond donors (Lipinski definition) is 1. The van der Waals surface area contributed by atoms with E-state index in [1.54, 1.807) is 17.2 Å². The Kier molecular flexibility index (Phi) is 4.88. The molecule has 1 aliphatic carbocycles. The van der Waals surface area contributed by atoms with Gasteiger partial charge in [0.05, 0.1) is 18.3 Å². The summed E-state index contributed by atoms with van der Waals surface area (Å²) >= 11 is 0. The van der Waals surface area contributed by atoms with E-state index in [1.807, 2.05) is 48.7 Å². The molecule has 162 valence electrons. The second-order valence-electron chi connectivity index (χ2n) is 9.15. The van der Waals surface area contributed by atoms with Gasteiger partial charge in [-0.1, -0.05) is 43.9 Å². The molecule has 5 rings (SSSR count). The number of amides is 2. The van der Waals surface area contributed by atoms with E-state index in [4.69, 9.17) is 4.42 Å². The van der Waals surface area contributed by atoms with Crippen LogP contribution in [0.25, 0.3) is 11.1 Å². The molecule has 1 saturated carbocycles. The van der Waals surface area contributed by atoms with E-state index in [9.17, 15) is 9.59 Å². The number of furan rings is 1. The average Bonchev–Trinajstić information content (AvgIpc) is 3.24. The van der Waals surface area contributed by atoms with Gasteiger partial charge in [0, 0.05) is 23.9 Å². The Morgan fingerprint density at radius 3 is 2.61 bits per heavy atom. The second kappa shape index (κ2) is 7.59. The molecule has 0 bridgehead atoms. The normalized spacial score (nSPS) is 22.4. The fraction of sp³-hybridized carbons (Fsp3) is 0.440. The number of carbonyl (C=O) groups is 2. The lowest BCUT2D eigenvalue weighted by atomic mass is 9.92. The molecule has 0 saturated heterocycles. The zero-order valence-electron chi connectivity index (χ0n) is 18.2. The maximum Gasteiger partial charge on any atom is 0.276 e. The zero-order valence-corrected chi connectivity index (χ0v) is 18.2. The van der Waals surface area contributed by atoms with Gasteiger partial charge in [0.2, 0.25) is 5.91 Å². The number of aryl methyl sites for hydroxylation is 1. The van der Waals surface area contributed by atoms with Crippen LogP contribution in [0.3, 0.4) is 0 Å². The summed E-state index contributed by atoms with van der Waals surface area (Å²) in [6.45, 7) is 4.24. The molecule has 1 aliphatic heterocycles. The first kappa shape index (κ1) is 19.9. The van der Waals surface area contributed by atoms with Gasteiger partial charge in [0.1, 0.15) is 11.2 Å².